The van der Waals surface area contributed by atoms with Gasteiger partial charge in [0.1, 0.15) is 0 Å². The lowest BCUT2D eigenvalue weighted by Gasteiger charge is -2.17. The fourth-order valence-electron chi connectivity index (χ4n) is 1.89. The first kappa shape index (κ1) is 14.9. The zero-order valence-corrected chi connectivity index (χ0v) is 13.1. The molecule has 0 heterocycles. The van der Waals surface area contributed by atoms with Crippen molar-refractivity contribution < 1.29 is 9.90 Å². The van der Waals surface area contributed by atoms with Crippen LogP contribution in [0.1, 0.15) is 28.9 Å². The highest BCUT2D eigenvalue weighted by molar-refractivity contribution is 9.10. The molecule has 2 aromatic carbocycles. The number of carboxylic acid groups (broad SMARTS) is 1. The van der Waals surface area contributed by atoms with Crippen LogP contribution in [0, 0.1) is 0 Å². The van der Waals surface area contributed by atoms with Crippen molar-refractivity contribution >= 4 is 39.2 Å². The highest BCUT2D eigenvalue weighted by atomic mass is 79.9. The average Bonchev–Trinajstić information content (AvgIpc) is 2.39. The molecule has 0 radical (unpaired) electrons. The molecule has 0 amide bonds. The zero-order valence-electron chi connectivity index (χ0n) is 10.7. The second-order valence-corrected chi connectivity index (χ2v) is 5.74. The molecule has 0 bridgehead atoms. The van der Waals surface area contributed by atoms with Crippen molar-refractivity contribution in [1.82, 2.24) is 0 Å². The Kier molecular flexibility index (Phi) is 4.68. The highest BCUT2D eigenvalue weighted by Gasteiger charge is 2.10. The topological polar surface area (TPSA) is 49.3 Å². The first-order chi connectivity index (χ1) is 9.47. The summed E-state index contributed by atoms with van der Waals surface area (Å²) in [6, 6.07) is 12.4. The van der Waals surface area contributed by atoms with Gasteiger partial charge in [-0.2, -0.15) is 0 Å². The third-order valence-corrected chi connectivity index (χ3v) is 3.76. The summed E-state index contributed by atoms with van der Waals surface area (Å²) in [5, 5.41) is 12.8. The van der Waals surface area contributed by atoms with Crippen LogP contribution in [0.25, 0.3) is 0 Å². The van der Waals surface area contributed by atoms with E-state index in [1.165, 1.54) is 0 Å². The van der Waals surface area contributed by atoms with Gasteiger partial charge in [0.15, 0.2) is 0 Å². The van der Waals surface area contributed by atoms with Crippen LogP contribution in [0.3, 0.4) is 0 Å². The molecule has 1 atom stereocenters. The van der Waals surface area contributed by atoms with Gasteiger partial charge in [-0.05, 0) is 48.9 Å². The Morgan fingerprint density at radius 3 is 2.45 bits per heavy atom. The van der Waals surface area contributed by atoms with Crippen LogP contribution in [0.5, 0.6) is 0 Å². The molecule has 1 unspecified atom stereocenters. The van der Waals surface area contributed by atoms with Gasteiger partial charge in [0.05, 0.1) is 5.56 Å². The van der Waals surface area contributed by atoms with E-state index in [4.69, 9.17) is 16.7 Å². The number of nitrogens with one attached hydrogen (secondary N) is 1. The fourth-order valence-corrected chi connectivity index (χ4v) is 2.73. The minimum Gasteiger partial charge on any atom is -0.478 e. The number of halogens is 2. The van der Waals surface area contributed by atoms with Gasteiger partial charge in [0, 0.05) is 21.2 Å². The second-order valence-electron chi connectivity index (χ2n) is 4.41. The Morgan fingerprint density at radius 1 is 1.25 bits per heavy atom. The van der Waals surface area contributed by atoms with Gasteiger partial charge in [0.25, 0.3) is 0 Å². The smallest absolute Gasteiger partial charge is 0.335 e. The molecule has 5 heteroatoms. The quantitative estimate of drug-likeness (QED) is 0.814. The predicted molar refractivity (Wildman–Crippen MR) is 84.6 cm³/mol. The van der Waals surface area contributed by atoms with Crippen LogP contribution in [-0.4, -0.2) is 11.1 Å². The van der Waals surface area contributed by atoms with Crippen molar-refractivity contribution in [1.29, 1.82) is 0 Å². The second kappa shape index (κ2) is 6.29. The number of benzene rings is 2. The molecule has 0 spiro atoms. The molecule has 2 N–H and O–H groups in total. The van der Waals surface area contributed by atoms with Gasteiger partial charge in [-0.1, -0.05) is 33.6 Å². The van der Waals surface area contributed by atoms with E-state index in [1.807, 2.05) is 25.1 Å². The molecular weight excluding hydrogens is 342 g/mol. The Morgan fingerprint density at radius 2 is 1.90 bits per heavy atom. The molecule has 20 heavy (non-hydrogen) atoms. The Bertz CT molecular complexity index is 628. The molecule has 104 valence electrons. The van der Waals surface area contributed by atoms with Gasteiger partial charge in [-0.3, -0.25) is 0 Å². The molecule has 3 nitrogen and oxygen atoms in total. The van der Waals surface area contributed by atoms with Crippen molar-refractivity contribution in [3.05, 3.63) is 63.1 Å². The Hall–Kier alpha value is -1.52. The number of anilines is 1. The van der Waals surface area contributed by atoms with E-state index in [0.717, 1.165) is 15.7 Å². The van der Waals surface area contributed by atoms with Crippen LogP contribution in [0.2, 0.25) is 5.02 Å². The Labute approximate surface area is 130 Å². The van der Waals surface area contributed by atoms with Crippen LogP contribution in [0.4, 0.5) is 5.69 Å². The lowest BCUT2D eigenvalue weighted by atomic mass is 10.1. The van der Waals surface area contributed by atoms with Gasteiger partial charge in [-0.15, -0.1) is 0 Å². The summed E-state index contributed by atoms with van der Waals surface area (Å²) in [6.45, 7) is 2.00. The first-order valence-electron chi connectivity index (χ1n) is 6.02. The van der Waals surface area contributed by atoms with Crippen molar-refractivity contribution in [2.24, 2.45) is 0 Å². The molecule has 0 fully saturated rings. The van der Waals surface area contributed by atoms with E-state index in [9.17, 15) is 4.79 Å². The molecule has 2 rings (SSSR count). The molecule has 0 aliphatic heterocycles. The van der Waals surface area contributed by atoms with Crippen molar-refractivity contribution in [2.75, 3.05) is 5.32 Å². The standard InChI is InChI=1S/C15H13BrClNO2/c1-9(13-7-4-11(16)8-14(13)17)18-12-5-2-10(3-6-12)15(19)20/h2-9,18H,1H3,(H,19,20). The molecule has 0 aliphatic rings. The van der Waals surface area contributed by atoms with E-state index in [-0.39, 0.29) is 11.6 Å². The number of carbonyl (C=O) groups is 1. The normalized spacial score (nSPS) is 11.9. The van der Waals surface area contributed by atoms with Gasteiger partial charge < -0.3 is 10.4 Å². The minimum absolute atomic E-state index is 0.0197. The van der Waals surface area contributed by atoms with Crippen LogP contribution < -0.4 is 5.32 Å². The largest absolute Gasteiger partial charge is 0.478 e. The number of hydrogen-bond acceptors (Lipinski definition) is 2. The van der Waals surface area contributed by atoms with Crippen molar-refractivity contribution in [2.45, 2.75) is 13.0 Å². The maximum atomic E-state index is 10.8. The van der Waals surface area contributed by atoms with E-state index >= 15 is 0 Å². The summed E-state index contributed by atoms with van der Waals surface area (Å²) < 4.78 is 0.935. The molecule has 0 saturated heterocycles. The van der Waals surface area contributed by atoms with E-state index in [2.05, 4.69) is 21.2 Å². The third kappa shape index (κ3) is 3.52. The number of hydrogen-bond donors (Lipinski definition) is 2. The summed E-state index contributed by atoms with van der Waals surface area (Å²) in [5.74, 6) is -0.930. The van der Waals surface area contributed by atoms with E-state index < -0.39 is 5.97 Å². The van der Waals surface area contributed by atoms with Crippen molar-refractivity contribution in [3.8, 4) is 0 Å². The summed E-state index contributed by atoms with van der Waals surface area (Å²) in [6.07, 6.45) is 0. The number of aromatic carboxylic acids is 1. The fraction of sp³-hybridized carbons (Fsp3) is 0.133. The molecule has 0 saturated carbocycles. The SMILES string of the molecule is CC(Nc1ccc(C(=O)O)cc1)c1ccc(Br)cc1Cl. The van der Waals surface area contributed by atoms with Crippen molar-refractivity contribution in [3.63, 3.8) is 0 Å². The lowest BCUT2D eigenvalue weighted by Crippen LogP contribution is -2.07. The number of carboxylic acids is 1. The van der Waals surface area contributed by atoms with Crippen LogP contribution in [-0.2, 0) is 0 Å². The van der Waals surface area contributed by atoms with Gasteiger partial charge in [0.2, 0.25) is 0 Å². The minimum atomic E-state index is -0.930. The van der Waals surface area contributed by atoms with E-state index in [1.54, 1.807) is 24.3 Å². The molecular formula is C15H13BrClNO2. The lowest BCUT2D eigenvalue weighted by molar-refractivity contribution is 0.0697. The summed E-state index contributed by atoms with van der Waals surface area (Å²) >= 11 is 9.58. The summed E-state index contributed by atoms with van der Waals surface area (Å²) in [4.78, 5) is 10.8. The summed E-state index contributed by atoms with van der Waals surface area (Å²) in [7, 11) is 0. The van der Waals surface area contributed by atoms with Crippen LogP contribution in [0.15, 0.2) is 46.9 Å². The highest BCUT2D eigenvalue weighted by Crippen LogP contribution is 2.28. The predicted octanol–water partition coefficient (Wildman–Crippen LogP) is 4.97. The first-order valence-corrected chi connectivity index (χ1v) is 7.19. The summed E-state index contributed by atoms with van der Waals surface area (Å²) in [5.41, 5.74) is 2.10. The molecule has 2 aromatic rings. The molecule has 0 aromatic heterocycles. The van der Waals surface area contributed by atoms with Gasteiger partial charge in [-0.25, -0.2) is 4.79 Å². The number of rotatable bonds is 4. The zero-order chi connectivity index (χ0) is 14.7. The maximum absolute atomic E-state index is 10.8. The monoisotopic (exact) mass is 353 g/mol. The molecule has 0 aliphatic carbocycles. The van der Waals surface area contributed by atoms with E-state index in [0.29, 0.717) is 5.02 Å². The third-order valence-electron chi connectivity index (χ3n) is 2.94. The Balaban J connectivity index is 2.14. The van der Waals surface area contributed by atoms with Crippen LogP contribution >= 0.6 is 27.5 Å². The maximum Gasteiger partial charge on any atom is 0.335 e. The van der Waals surface area contributed by atoms with Gasteiger partial charge >= 0.3 is 5.97 Å². The average molecular weight is 355 g/mol.